The van der Waals surface area contributed by atoms with E-state index in [1.54, 1.807) is 29.1 Å². The first-order valence-corrected chi connectivity index (χ1v) is 9.51. The van der Waals surface area contributed by atoms with Gasteiger partial charge in [0.15, 0.2) is 5.16 Å². The van der Waals surface area contributed by atoms with Crippen LogP contribution < -0.4 is 5.32 Å². The highest BCUT2D eigenvalue weighted by atomic mass is 35.5. The zero-order chi connectivity index (χ0) is 19.4. The topological polar surface area (TPSA) is 83.6 Å². The highest BCUT2D eigenvalue weighted by Gasteiger charge is 2.12. The van der Waals surface area contributed by atoms with E-state index < -0.39 is 0 Å². The molecule has 3 rings (SSSR count). The summed E-state index contributed by atoms with van der Waals surface area (Å²) in [5.41, 5.74) is 2.67. The van der Waals surface area contributed by atoms with Gasteiger partial charge in [-0.1, -0.05) is 41.0 Å². The van der Waals surface area contributed by atoms with Crippen LogP contribution in [0.5, 0.6) is 0 Å². The number of amides is 1. The van der Waals surface area contributed by atoms with Gasteiger partial charge in [0.05, 0.1) is 22.0 Å². The zero-order valence-electron chi connectivity index (χ0n) is 14.1. The molecular formula is C18H13Cl2N5OS. The monoisotopic (exact) mass is 417 g/mol. The van der Waals surface area contributed by atoms with Crippen LogP contribution in [-0.4, -0.2) is 26.4 Å². The maximum absolute atomic E-state index is 12.2. The molecule has 6 nitrogen and oxygen atoms in total. The largest absolute Gasteiger partial charge is 0.325 e. The van der Waals surface area contributed by atoms with E-state index in [1.165, 1.54) is 11.8 Å². The fourth-order valence-corrected chi connectivity index (χ4v) is 3.37. The Hall–Kier alpha value is -2.53. The van der Waals surface area contributed by atoms with Gasteiger partial charge in [-0.15, -0.1) is 10.2 Å². The summed E-state index contributed by atoms with van der Waals surface area (Å²) in [6, 6.07) is 12.3. The van der Waals surface area contributed by atoms with Crippen molar-refractivity contribution in [1.82, 2.24) is 14.8 Å². The van der Waals surface area contributed by atoms with Crippen molar-refractivity contribution in [2.24, 2.45) is 0 Å². The van der Waals surface area contributed by atoms with Gasteiger partial charge in [0.25, 0.3) is 0 Å². The Kier molecular flexibility index (Phi) is 6.01. The lowest BCUT2D eigenvalue weighted by molar-refractivity contribution is -0.113. The van der Waals surface area contributed by atoms with Crippen LogP contribution in [0.15, 0.2) is 47.9 Å². The van der Waals surface area contributed by atoms with E-state index >= 15 is 0 Å². The number of nitrogens with zero attached hydrogens (tertiary/aromatic N) is 4. The van der Waals surface area contributed by atoms with Gasteiger partial charge in [-0.3, -0.25) is 9.36 Å². The molecule has 0 saturated heterocycles. The number of anilines is 1. The van der Waals surface area contributed by atoms with Gasteiger partial charge in [-0.25, -0.2) is 0 Å². The molecule has 136 valence electrons. The number of hydrogen-bond donors (Lipinski definition) is 1. The summed E-state index contributed by atoms with van der Waals surface area (Å²) in [4.78, 5) is 12.2. The Balaban J connectivity index is 1.66. The second-order valence-corrected chi connectivity index (χ2v) is 7.32. The van der Waals surface area contributed by atoms with Gasteiger partial charge in [-0.05, 0) is 42.8 Å². The smallest absolute Gasteiger partial charge is 0.234 e. The number of thioether (sulfide) groups is 1. The Labute approximate surface area is 170 Å². The lowest BCUT2D eigenvalue weighted by Gasteiger charge is -2.08. The number of hydrogen-bond acceptors (Lipinski definition) is 5. The first-order chi connectivity index (χ1) is 13.0. The molecule has 0 fully saturated rings. The molecule has 0 aliphatic rings. The van der Waals surface area contributed by atoms with E-state index in [9.17, 15) is 4.79 Å². The molecule has 0 aliphatic carbocycles. The summed E-state index contributed by atoms with van der Waals surface area (Å²) in [7, 11) is 0. The summed E-state index contributed by atoms with van der Waals surface area (Å²) >= 11 is 13.4. The third-order valence-electron chi connectivity index (χ3n) is 3.66. The number of aromatic nitrogens is 3. The van der Waals surface area contributed by atoms with Crippen molar-refractivity contribution < 1.29 is 4.79 Å². The standard InChI is InChI=1S/C18H13Cl2N5OS/c1-11-2-5-14(7-15(11)19)25-10-22-24-18(25)27-9-17(26)23-13-4-3-12(8-21)16(20)6-13/h2-7,10H,9H2,1H3,(H,23,26). The fourth-order valence-electron chi connectivity index (χ4n) is 2.24. The Morgan fingerprint density at radius 3 is 2.78 bits per heavy atom. The number of aryl methyl sites for hydroxylation is 1. The third-order valence-corrected chi connectivity index (χ3v) is 5.32. The molecule has 3 aromatic rings. The van der Waals surface area contributed by atoms with Crippen LogP contribution in [-0.2, 0) is 4.79 Å². The Bertz CT molecular complexity index is 1040. The summed E-state index contributed by atoms with van der Waals surface area (Å²) < 4.78 is 1.77. The quantitative estimate of drug-likeness (QED) is 0.618. The van der Waals surface area contributed by atoms with Crippen molar-refractivity contribution in [3.8, 4) is 11.8 Å². The molecule has 1 N–H and O–H groups in total. The lowest BCUT2D eigenvalue weighted by atomic mass is 10.2. The van der Waals surface area contributed by atoms with Gasteiger partial charge in [-0.2, -0.15) is 5.26 Å². The number of benzene rings is 2. The van der Waals surface area contributed by atoms with Crippen molar-refractivity contribution in [3.63, 3.8) is 0 Å². The van der Waals surface area contributed by atoms with E-state index in [1.807, 2.05) is 31.2 Å². The third kappa shape index (κ3) is 4.61. The summed E-state index contributed by atoms with van der Waals surface area (Å²) in [6.07, 6.45) is 1.57. The molecule has 0 saturated carbocycles. The molecule has 0 aliphatic heterocycles. The second kappa shape index (κ2) is 8.44. The van der Waals surface area contributed by atoms with Crippen LogP contribution >= 0.6 is 35.0 Å². The molecule has 1 amide bonds. The minimum atomic E-state index is -0.225. The zero-order valence-corrected chi connectivity index (χ0v) is 16.4. The van der Waals surface area contributed by atoms with Crippen LogP contribution in [0.1, 0.15) is 11.1 Å². The van der Waals surface area contributed by atoms with E-state index in [0.717, 1.165) is 11.3 Å². The highest BCUT2D eigenvalue weighted by Crippen LogP contribution is 2.24. The van der Waals surface area contributed by atoms with Crippen molar-refractivity contribution in [3.05, 3.63) is 63.9 Å². The molecule has 1 aromatic heterocycles. The minimum absolute atomic E-state index is 0.135. The van der Waals surface area contributed by atoms with Gasteiger partial charge < -0.3 is 5.32 Å². The van der Waals surface area contributed by atoms with E-state index in [2.05, 4.69) is 15.5 Å². The van der Waals surface area contributed by atoms with Crippen LogP contribution in [0, 0.1) is 18.3 Å². The van der Waals surface area contributed by atoms with Crippen molar-refractivity contribution in [2.45, 2.75) is 12.1 Å². The lowest BCUT2D eigenvalue weighted by Crippen LogP contribution is -2.14. The van der Waals surface area contributed by atoms with Crippen LogP contribution in [0.2, 0.25) is 10.0 Å². The minimum Gasteiger partial charge on any atom is -0.325 e. The first kappa shape index (κ1) is 19.2. The van der Waals surface area contributed by atoms with E-state index in [4.69, 9.17) is 28.5 Å². The number of carbonyl (C=O) groups excluding carboxylic acids is 1. The first-order valence-electron chi connectivity index (χ1n) is 7.77. The number of nitriles is 1. The maximum atomic E-state index is 12.2. The Morgan fingerprint density at radius 1 is 1.26 bits per heavy atom. The fraction of sp³-hybridized carbons (Fsp3) is 0.111. The summed E-state index contributed by atoms with van der Waals surface area (Å²) in [5, 5.41) is 21.1. The molecular weight excluding hydrogens is 405 g/mol. The van der Waals surface area contributed by atoms with Gasteiger partial charge in [0, 0.05) is 10.7 Å². The van der Waals surface area contributed by atoms with Crippen molar-refractivity contribution in [2.75, 3.05) is 11.1 Å². The molecule has 27 heavy (non-hydrogen) atoms. The van der Waals surface area contributed by atoms with E-state index in [0.29, 0.717) is 26.5 Å². The highest BCUT2D eigenvalue weighted by molar-refractivity contribution is 7.99. The number of carbonyl (C=O) groups is 1. The molecule has 2 aromatic carbocycles. The van der Waals surface area contributed by atoms with Crippen molar-refractivity contribution >= 4 is 46.6 Å². The molecule has 0 radical (unpaired) electrons. The van der Waals surface area contributed by atoms with Crippen LogP contribution in [0.4, 0.5) is 5.69 Å². The average molecular weight is 418 g/mol. The van der Waals surface area contributed by atoms with Gasteiger partial charge >= 0.3 is 0 Å². The van der Waals surface area contributed by atoms with E-state index in [-0.39, 0.29) is 11.7 Å². The Morgan fingerprint density at radius 2 is 2.07 bits per heavy atom. The molecule has 0 unspecified atom stereocenters. The number of rotatable bonds is 5. The van der Waals surface area contributed by atoms with Crippen molar-refractivity contribution in [1.29, 1.82) is 5.26 Å². The predicted octanol–water partition coefficient (Wildman–Crippen LogP) is 4.49. The number of halogens is 2. The summed E-state index contributed by atoms with van der Waals surface area (Å²) in [6.45, 7) is 1.92. The normalized spacial score (nSPS) is 10.4. The molecule has 9 heteroatoms. The molecule has 0 atom stereocenters. The molecule has 0 spiro atoms. The summed E-state index contributed by atoms with van der Waals surface area (Å²) in [5.74, 6) is -0.0899. The van der Waals surface area contributed by atoms with Crippen LogP contribution in [0.3, 0.4) is 0 Å². The maximum Gasteiger partial charge on any atom is 0.234 e. The van der Waals surface area contributed by atoms with Gasteiger partial charge in [0.1, 0.15) is 12.4 Å². The number of nitrogens with one attached hydrogen (secondary N) is 1. The SMILES string of the molecule is Cc1ccc(-n2cnnc2SCC(=O)Nc2ccc(C#N)c(Cl)c2)cc1Cl. The molecule has 1 heterocycles. The van der Waals surface area contributed by atoms with Crippen LogP contribution in [0.25, 0.3) is 5.69 Å². The average Bonchev–Trinajstić information content (AvgIpc) is 3.11. The van der Waals surface area contributed by atoms with Gasteiger partial charge in [0.2, 0.25) is 5.91 Å². The molecule has 0 bridgehead atoms. The second-order valence-electron chi connectivity index (χ2n) is 5.56. The predicted molar refractivity (Wildman–Crippen MR) is 107 cm³/mol.